The predicted octanol–water partition coefficient (Wildman–Crippen LogP) is -1.71. The molecule has 3 N–H and O–H groups in total. The zero-order valence-electron chi connectivity index (χ0n) is 5.06. The van der Waals surface area contributed by atoms with Crippen molar-refractivity contribution < 1.29 is 20.1 Å². The summed E-state index contributed by atoms with van der Waals surface area (Å²) in [6, 6.07) is 0. The average molecular weight is 134 g/mol. The smallest absolute Gasteiger partial charge is 0.151 e. The second-order valence-corrected chi connectivity index (χ2v) is 1.86. The van der Waals surface area contributed by atoms with Crippen molar-refractivity contribution in [1.29, 1.82) is 0 Å². The molecule has 0 aliphatic rings. The molecule has 9 heavy (non-hydrogen) atoms. The van der Waals surface area contributed by atoms with Crippen molar-refractivity contribution in [1.82, 2.24) is 0 Å². The lowest BCUT2D eigenvalue weighted by Gasteiger charge is -2.14. The molecule has 0 unspecified atom stereocenters. The Morgan fingerprint density at radius 3 is 1.89 bits per heavy atom. The van der Waals surface area contributed by atoms with Crippen molar-refractivity contribution in [3.8, 4) is 0 Å². The van der Waals surface area contributed by atoms with E-state index in [1.807, 2.05) is 0 Å². The minimum atomic E-state index is -1.48. The predicted molar refractivity (Wildman–Crippen MR) is 29.8 cm³/mol. The van der Waals surface area contributed by atoms with Gasteiger partial charge < -0.3 is 20.1 Å². The van der Waals surface area contributed by atoms with E-state index in [0.717, 1.165) is 0 Å². The summed E-state index contributed by atoms with van der Waals surface area (Å²) >= 11 is 0. The lowest BCUT2D eigenvalue weighted by Crippen LogP contribution is -2.36. The third-order valence-corrected chi connectivity index (χ3v) is 0.984. The van der Waals surface area contributed by atoms with Crippen LogP contribution >= 0.6 is 0 Å². The molecule has 0 spiro atoms. The van der Waals surface area contributed by atoms with E-state index in [2.05, 4.69) is 0 Å². The van der Waals surface area contributed by atoms with Crippen molar-refractivity contribution >= 4 is 6.29 Å². The molecule has 0 saturated carbocycles. The number of hydrogen-bond donors (Lipinski definition) is 3. The standard InChI is InChI=1S/C5H10O4/c1-3(7)5(9)4(8)2-6/h2-5,7-9H,1H3/t3-,4-,5-/m1/s1. The summed E-state index contributed by atoms with van der Waals surface area (Å²) in [5.41, 5.74) is 0. The van der Waals surface area contributed by atoms with Gasteiger partial charge in [0.15, 0.2) is 6.29 Å². The molecule has 3 atom stereocenters. The second-order valence-electron chi connectivity index (χ2n) is 1.86. The van der Waals surface area contributed by atoms with Crippen molar-refractivity contribution in [3.05, 3.63) is 0 Å². The number of aliphatic hydroxyl groups excluding tert-OH is 3. The van der Waals surface area contributed by atoms with Crippen LogP contribution in [0.1, 0.15) is 6.92 Å². The normalized spacial score (nSPS) is 20.4. The molecule has 0 bridgehead atoms. The van der Waals surface area contributed by atoms with Crippen molar-refractivity contribution in [2.75, 3.05) is 0 Å². The average Bonchev–Trinajstić information content (AvgIpc) is 1.84. The maximum atomic E-state index is 9.73. The van der Waals surface area contributed by atoms with Crippen LogP contribution in [0.2, 0.25) is 0 Å². The van der Waals surface area contributed by atoms with Crippen LogP contribution in [0, 0.1) is 0 Å². The number of rotatable bonds is 3. The first-order valence-corrected chi connectivity index (χ1v) is 2.59. The fraction of sp³-hybridized carbons (Fsp3) is 0.800. The van der Waals surface area contributed by atoms with Gasteiger partial charge in [-0.15, -0.1) is 0 Å². The molecular formula is C5H10O4. The highest BCUT2D eigenvalue weighted by Crippen LogP contribution is 1.95. The Bertz CT molecular complexity index is 91.0. The third kappa shape index (κ3) is 2.55. The molecule has 0 rings (SSSR count). The van der Waals surface area contributed by atoms with Crippen molar-refractivity contribution in [2.24, 2.45) is 0 Å². The molecule has 0 aromatic carbocycles. The quantitative estimate of drug-likeness (QED) is 0.401. The van der Waals surface area contributed by atoms with E-state index in [1.165, 1.54) is 6.92 Å². The van der Waals surface area contributed by atoms with Gasteiger partial charge in [0.05, 0.1) is 6.10 Å². The van der Waals surface area contributed by atoms with E-state index in [1.54, 1.807) is 0 Å². The van der Waals surface area contributed by atoms with Crippen LogP contribution in [0.15, 0.2) is 0 Å². The van der Waals surface area contributed by atoms with Crippen LogP contribution in [0.3, 0.4) is 0 Å². The van der Waals surface area contributed by atoms with Gasteiger partial charge in [0.2, 0.25) is 0 Å². The molecular weight excluding hydrogens is 124 g/mol. The summed E-state index contributed by atoms with van der Waals surface area (Å²) in [6.45, 7) is 1.29. The number of aldehydes is 1. The van der Waals surface area contributed by atoms with Gasteiger partial charge in [0.25, 0.3) is 0 Å². The maximum Gasteiger partial charge on any atom is 0.151 e. The fourth-order valence-electron chi connectivity index (χ4n) is 0.366. The zero-order chi connectivity index (χ0) is 7.44. The SMILES string of the molecule is C[C@@H](O)[C@@H](O)[C@H](O)C=O. The lowest BCUT2D eigenvalue weighted by molar-refractivity contribution is -0.125. The topological polar surface area (TPSA) is 77.8 Å². The van der Waals surface area contributed by atoms with Crippen LogP contribution in [0.5, 0.6) is 0 Å². The van der Waals surface area contributed by atoms with Crippen LogP contribution in [-0.2, 0) is 4.79 Å². The molecule has 0 aliphatic heterocycles. The third-order valence-electron chi connectivity index (χ3n) is 0.984. The summed E-state index contributed by atoms with van der Waals surface area (Å²) in [5.74, 6) is 0. The Hall–Kier alpha value is -0.450. The zero-order valence-corrected chi connectivity index (χ0v) is 5.06. The highest BCUT2D eigenvalue weighted by Gasteiger charge is 2.19. The van der Waals surface area contributed by atoms with E-state index >= 15 is 0 Å². The molecule has 54 valence electrons. The van der Waals surface area contributed by atoms with Crippen LogP contribution in [0.4, 0.5) is 0 Å². The molecule has 0 amide bonds. The van der Waals surface area contributed by atoms with E-state index in [0.29, 0.717) is 0 Å². The molecule has 0 aromatic heterocycles. The summed E-state index contributed by atoms with van der Waals surface area (Å²) in [6.07, 6.45) is -3.75. The first-order chi connectivity index (χ1) is 4.09. The van der Waals surface area contributed by atoms with Crippen LogP contribution in [0.25, 0.3) is 0 Å². The Kier molecular flexibility index (Phi) is 3.37. The monoisotopic (exact) mass is 134 g/mol. The van der Waals surface area contributed by atoms with E-state index in [9.17, 15) is 4.79 Å². The maximum absolute atomic E-state index is 9.73. The van der Waals surface area contributed by atoms with Crippen molar-refractivity contribution in [2.45, 2.75) is 25.2 Å². The van der Waals surface area contributed by atoms with Crippen LogP contribution < -0.4 is 0 Å². The van der Waals surface area contributed by atoms with Crippen molar-refractivity contribution in [3.63, 3.8) is 0 Å². The van der Waals surface area contributed by atoms with Gasteiger partial charge in [-0.25, -0.2) is 0 Å². The lowest BCUT2D eigenvalue weighted by atomic mass is 10.1. The molecule has 0 aliphatic carbocycles. The summed E-state index contributed by atoms with van der Waals surface area (Å²) in [4.78, 5) is 9.73. The van der Waals surface area contributed by atoms with Gasteiger partial charge in [-0.1, -0.05) is 0 Å². The summed E-state index contributed by atoms with van der Waals surface area (Å²) in [7, 11) is 0. The Morgan fingerprint density at radius 2 is 1.78 bits per heavy atom. The summed E-state index contributed by atoms with van der Waals surface area (Å²) in [5, 5.41) is 25.7. The van der Waals surface area contributed by atoms with E-state index < -0.39 is 18.3 Å². The number of carbonyl (C=O) groups is 1. The number of carbonyl (C=O) groups excluding carboxylic acids is 1. The van der Waals surface area contributed by atoms with E-state index in [-0.39, 0.29) is 6.29 Å². The molecule has 0 heterocycles. The molecule has 0 saturated heterocycles. The molecule has 0 radical (unpaired) electrons. The summed E-state index contributed by atoms with van der Waals surface area (Å²) < 4.78 is 0. The highest BCUT2D eigenvalue weighted by molar-refractivity contribution is 5.56. The van der Waals surface area contributed by atoms with Gasteiger partial charge in [-0.05, 0) is 6.92 Å². The van der Waals surface area contributed by atoms with Gasteiger partial charge in [0.1, 0.15) is 12.2 Å². The van der Waals surface area contributed by atoms with Crippen LogP contribution in [-0.4, -0.2) is 39.9 Å². The van der Waals surface area contributed by atoms with E-state index in [4.69, 9.17) is 15.3 Å². The first kappa shape index (κ1) is 8.55. The van der Waals surface area contributed by atoms with Gasteiger partial charge >= 0.3 is 0 Å². The Balaban J connectivity index is 3.71. The minimum Gasteiger partial charge on any atom is -0.391 e. The minimum absolute atomic E-state index is 0.178. The number of aliphatic hydroxyl groups is 3. The molecule has 0 aromatic rings. The fourth-order valence-corrected chi connectivity index (χ4v) is 0.366. The first-order valence-electron chi connectivity index (χ1n) is 2.59. The second kappa shape index (κ2) is 3.55. The highest BCUT2D eigenvalue weighted by atomic mass is 16.4. The Labute approximate surface area is 52.7 Å². The molecule has 0 fully saturated rings. The van der Waals surface area contributed by atoms with Gasteiger partial charge in [-0.3, -0.25) is 0 Å². The molecule has 4 nitrogen and oxygen atoms in total. The Morgan fingerprint density at radius 1 is 1.33 bits per heavy atom. The van der Waals surface area contributed by atoms with Gasteiger partial charge in [-0.2, -0.15) is 0 Å². The largest absolute Gasteiger partial charge is 0.391 e. The molecule has 4 heteroatoms. The van der Waals surface area contributed by atoms with Gasteiger partial charge in [0, 0.05) is 0 Å². The number of hydrogen-bond acceptors (Lipinski definition) is 4.